The van der Waals surface area contributed by atoms with Crippen LogP contribution in [-0.2, 0) is 22.4 Å². The average Bonchev–Trinajstić information content (AvgIpc) is 3.23. The fourth-order valence-corrected chi connectivity index (χ4v) is 4.72. The molecule has 3 aromatic rings. The lowest BCUT2D eigenvalue weighted by molar-refractivity contribution is 0.122. The monoisotopic (exact) mass is 472 g/mol. The summed E-state index contributed by atoms with van der Waals surface area (Å²) < 4.78 is 29.4. The van der Waals surface area contributed by atoms with Crippen LogP contribution in [0.2, 0.25) is 0 Å². The van der Waals surface area contributed by atoms with Crippen molar-refractivity contribution in [1.82, 2.24) is 34.1 Å². The van der Waals surface area contributed by atoms with Crippen LogP contribution in [0.4, 0.5) is 11.8 Å². The second-order valence-corrected chi connectivity index (χ2v) is 9.03. The summed E-state index contributed by atoms with van der Waals surface area (Å²) in [5, 5.41) is 0. The third-order valence-electron chi connectivity index (χ3n) is 5.89. The SMILES string of the molecule is Nc1ncc(-c2cn3cc(CN4CCN(CS(=O)[O-])CC4)nc3c(N3CCOCC3)n2)cn1. The Labute approximate surface area is 193 Å². The molecule has 2 saturated heterocycles. The number of piperazine rings is 1. The number of imidazole rings is 1. The van der Waals surface area contributed by atoms with Gasteiger partial charge in [-0.1, -0.05) is 0 Å². The van der Waals surface area contributed by atoms with Gasteiger partial charge in [-0.05, 0) is 11.1 Å². The molecule has 0 radical (unpaired) electrons. The molecule has 0 bridgehead atoms. The molecule has 12 nitrogen and oxygen atoms in total. The lowest BCUT2D eigenvalue weighted by atomic mass is 10.2. The Hall–Kier alpha value is -2.71. The molecule has 0 saturated carbocycles. The molecule has 2 aliphatic heterocycles. The summed E-state index contributed by atoms with van der Waals surface area (Å²) >= 11 is -2.04. The maximum atomic E-state index is 10.9. The first-order valence-corrected chi connectivity index (χ1v) is 12.1. The molecule has 2 N–H and O–H groups in total. The van der Waals surface area contributed by atoms with Gasteiger partial charge >= 0.3 is 0 Å². The predicted octanol–water partition coefficient (Wildman–Crippen LogP) is -0.441. The molecular weight excluding hydrogens is 446 g/mol. The minimum Gasteiger partial charge on any atom is -0.771 e. The minimum absolute atomic E-state index is 0.0917. The highest BCUT2D eigenvalue weighted by Crippen LogP contribution is 2.26. The normalized spacial score (nSPS) is 19.2. The molecule has 5 rings (SSSR count). The number of nitrogens with zero attached hydrogens (tertiary/aromatic N) is 8. The van der Waals surface area contributed by atoms with Crippen molar-refractivity contribution in [1.29, 1.82) is 0 Å². The Morgan fingerprint density at radius 3 is 2.39 bits per heavy atom. The number of nitrogens with two attached hydrogens (primary N) is 1. The lowest BCUT2D eigenvalue weighted by Gasteiger charge is -2.34. The first-order chi connectivity index (χ1) is 16.0. The highest BCUT2D eigenvalue weighted by Gasteiger charge is 2.22. The third kappa shape index (κ3) is 5.12. The van der Waals surface area contributed by atoms with Crippen molar-refractivity contribution in [3.8, 4) is 11.3 Å². The predicted molar refractivity (Wildman–Crippen MR) is 122 cm³/mol. The largest absolute Gasteiger partial charge is 0.771 e. The van der Waals surface area contributed by atoms with Crippen molar-refractivity contribution in [2.24, 2.45) is 0 Å². The van der Waals surface area contributed by atoms with E-state index in [9.17, 15) is 8.76 Å². The van der Waals surface area contributed by atoms with E-state index in [1.165, 1.54) is 0 Å². The molecule has 5 heterocycles. The highest BCUT2D eigenvalue weighted by atomic mass is 32.2. The van der Waals surface area contributed by atoms with Crippen molar-refractivity contribution in [2.45, 2.75) is 6.54 Å². The summed E-state index contributed by atoms with van der Waals surface area (Å²) in [6, 6.07) is 0. The summed E-state index contributed by atoms with van der Waals surface area (Å²) in [5.41, 5.74) is 8.91. The van der Waals surface area contributed by atoms with Gasteiger partial charge in [-0.3, -0.25) is 14.0 Å². The quantitative estimate of drug-likeness (QED) is 0.467. The van der Waals surface area contributed by atoms with E-state index in [1.807, 2.05) is 21.7 Å². The molecule has 0 aliphatic carbocycles. The number of rotatable bonds is 6. The molecule has 0 amide bonds. The van der Waals surface area contributed by atoms with Crippen LogP contribution in [0.3, 0.4) is 0 Å². The van der Waals surface area contributed by atoms with Gasteiger partial charge in [0.15, 0.2) is 11.5 Å². The first kappa shape index (κ1) is 22.1. The summed E-state index contributed by atoms with van der Waals surface area (Å²) in [5.74, 6) is 1.12. The van der Waals surface area contributed by atoms with Crippen molar-refractivity contribution >= 4 is 28.5 Å². The van der Waals surface area contributed by atoms with Gasteiger partial charge in [0.25, 0.3) is 0 Å². The molecule has 3 aromatic heterocycles. The van der Waals surface area contributed by atoms with E-state index in [0.717, 1.165) is 67.7 Å². The maximum absolute atomic E-state index is 10.9. The van der Waals surface area contributed by atoms with Crippen LogP contribution in [0, 0.1) is 0 Å². The average molecular weight is 473 g/mol. The minimum atomic E-state index is -2.04. The highest BCUT2D eigenvalue weighted by molar-refractivity contribution is 7.79. The van der Waals surface area contributed by atoms with Crippen LogP contribution in [-0.4, -0.2) is 101 Å². The Morgan fingerprint density at radius 1 is 1.00 bits per heavy atom. The number of ether oxygens (including phenoxy) is 1. The van der Waals surface area contributed by atoms with E-state index < -0.39 is 11.1 Å². The zero-order valence-corrected chi connectivity index (χ0v) is 19.0. The van der Waals surface area contributed by atoms with Gasteiger partial charge < -0.3 is 24.3 Å². The Bertz CT molecular complexity index is 1130. The van der Waals surface area contributed by atoms with Crippen LogP contribution in [0.25, 0.3) is 16.9 Å². The van der Waals surface area contributed by atoms with Gasteiger partial charge in [0, 0.05) is 76.2 Å². The molecule has 33 heavy (non-hydrogen) atoms. The number of hydrogen-bond acceptors (Lipinski definition) is 11. The lowest BCUT2D eigenvalue weighted by Crippen LogP contribution is -2.46. The maximum Gasteiger partial charge on any atom is 0.219 e. The number of anilines is 2. The smallest absolute Gasteiger partial charge is 0.219 e. The van der Waals surface area contributed by atoms with Crippen molar-refractivity contribution in [3.05, 3.63) is 30.5 Å². The van der Waals surface area contributed by atoms with Crippen LogP contribution in [0.1, 0.15) is 5.69 Å². The van der Waals surface area contributed by atoms with Gasteiger partial charge in [0.1, 0.15) is 0 Å². The van der Waals surface area contributed by atoms with Gasteiger partial charge in [-0.25, -0.2) is 19.9 Å². The molecule has 0 aromatic carbocycles. The molecule has 2 aliphatic rings. The summed E-state index contributed by atoms with van der Waals surface area (Å²) in [6.07, 6.45) is 7.31. The molecule has 1 unspecified atom stereocenters. The molecule has 2 fully saturated rings. The van der Waals surface area contributed by atoms with E-state index in [0.29, 0.717) is 19.8 Å². The third-order valence-corrected chi connectivity index (χ3v) is 6.46. The second-order valence-electron chi connectivity index (χ2n) is 8.17. The van der Waals surface area contributed by atoms with Crippen molar-refractivity contribution < 1.29 is 13.5 Å². The van der Waals surface area contributed by atoms with Crippen LogP contribution in [0.5, 0.6) is 0 Å². The van der Waals surface area contributed by atoms with Crippen molar-refractivity contribution in [3.63, 3.8) is 0 Å². The van der Waals surface area contributed by atoms with Crippen LogP contribution in [0.15, 0.2) is 24.8 Å². The number of hydrogen-bond donors (Lipinski definition) is 1. The Morgan fingerprint density at radius 2 is 1.70 bits per heavy atom. The van der Waals surface area contributed by atoms with Gasteiger partial charge in [0.05, 0.1) is 30.5 Å². The van der Waals surface area contributed by atoms with E-state index in [-0.39, 0.29) is 11.8 Å². The fourth-order valence-electron chi connectivity index (χ4n) is 4.16. The second kappa shape index (κ2) is 9.65. The Balaban J connectivity index is 1.42. The Kier molecular flexibility index (Phi) is 6.46. The topological polar surface area (TPSA) is 141 Å². The number of fused-ring (bicyclic) bond motifs is 1. The molecule has 13 heteroatoms. The van der Waals surface area contributed by atoms with Crippen molar-refractivity contribution in [2.75, 3.05) is 69.0 Å². The number of nitrogen functional groups attached to an aromatic ring is 1. The van der Waals surface area contributed by atoms with E-state index >= 15 is 0 Å². The molecular formula is C20H26N9O3S-. The summed E-state index contributed by atoms with van der Waals surface area (Å²) in [4.78, 5) is 24.5. The number of aromatic nitrogens is 5. The van der Waals surface area contributed by atoms with E-state index in [4.69, 9.17) is 20.4 Å². The van der Waals surface area contributed by atoms with Gasteiger partial charge in [0.2, 0.25) is 5.95 Å². The number of morpholine rings is 1. The van der Waals surface area contributed by atoms with E-state index in [1.54, 1.807) is 12.4 Å². The zero-order valence-electron chi connectivity index (χ0n) is 18.2. The van der Waals surface area contributed by atoms with Gasteiger partial charge in [-0.15, -0.1) is 0 Å². The summed E-state index contributed by atoms with van der Waals surface area (Å²) in [7, 11) is 0. The molecule has 176 valence electrons. The molecule has 0 spiro atoms. The van der Waals surface area contributed by atoms with Gasteiger partial charge in [-0.2, -0.15) is 0 Å². The fraction of sp³-hybridized carbons (Fsp3) is 0.500. The van der Waals surface area contributed by atoms with Crippen LogP contribution >= 0.6 is 0 Å². The zero-order chi connectivity index (χ0) is 22.8. The van der Waals surface area contributed by atoms with E-state index in [2.05, 4.69) is 19.8 Å². The van der Waals surface area contributed by atoms with Crippen LogP contribution < -0.4 is 10.6 Å². The summed E-state index contributed by atoms with van der Waals surface area (Å²) in [6.45, 7) is 6.53. The standard InChI is InChI=1S/C20H27N9O3S/c21-20-22-9-15(10-23-20)17-13-29-12-16(11-26-1-3-27(4-2-26)14-33(30)31)24-18(29)19(25-17)28-5-7-32-8-6-28/h9-10,12-13H,1-8,11,14H2,(H,30,31)(H2,21,22,23)/p-1. The first-order valence-electron chi connectivity index (χ1n) is 10.8. The molecule has 1 atom stereocenters.